The standard InChI is InChI=1S/C14H11N3OS2/c1-19-14-17-11-3-2-10(8-12(11)20-14)16-13(18)9-4-6-15-7-5-9/h2-8H,1H3,(H,16,18). The number of fused-ring (bicyclic) bond motifs is 1. The summed E-state index contributed by atoms with van der Waals surface area (Å²) in [6.45, 7) is 0. The number of thioether (sulfide) groups is 1. The first-order valence-corrected chi connectivity index (χ1v) is 7.96. The van der Waals surface area contributed by atoms with Crippen molar-refractivity contribution in [1.29, 1.82) is 0 Å². The molecule has 2 heterocycles. The van der Waals surface area contributed by atoms with E-state index in [2.05, 4.69) is 15.3 Å². The number of hydrogen-bond donors (Lipinski definition) is 1. The average molecular weight is 301 g/mol. The third kappa shape index (κ3) is 2.66. The summed E-state index contributed by atoms with van der Waals surface area (Å²) in [5.41, 5.74) is 2.33. The molecule has 0 unspecified atom stereocenters. The molecule has 0 aliphatic rings. The number of aromatic nitrogens is 2. The zero-order valence-corrected chi connectivity index (χ0v) is 12.3. The van der Waals surface area contributed by atoms with Crippen LogP contribution in [0, 0.1) is 0 Å². The van der Waals surface area contributed by atoms with Crippen LogP contribution in [0.2, 0.25) is 0 Å². The summed E-state index contributed by atoms with van der Waals surface area (Å²) in [5, 5.41) is 2.88. The lowest BCUT2D eigenvalue weighted by molar-refractivity contribution is 0.102. The number of amides is 1. The van der Waals surface area contributed by atoms with Crippen LogP contribution in [0.4, 0.5) is 5.69 Å². The number of carbonyl (C=O) groups is 1. The van der Waals surface area contributed by atoms with E-state index in [9.17, 15) is 4.79 Å². The highest BCUT2D eigenvalue weighted by atomic mass is 32.2. The molecule has 20 heavy (non-hydrogen) atoms. The summed E-state index contributed by atoms with van der Waals surface area (Å²) in [6.07, 6.45) is 5.21. The molecule has 0 aliphatic carbocycles. The molecular formula is C14H11N3OS2. The van der Waals surface area contributed by atoms with Crippen molar-refractivity contribution in [1.82, 2.24) is 9.97 Å². The fraction of sp³-hybridized carbons (Fsp3) is 0.0714. The Morgan fingerprint density at radius 2 is 2.05 bits per heavy atom. The lowest BCUT2D eigenvalue weighted by Crippen LogP contribution is -2.11. The van der Waals surface area contributed by atoms with E-state index in [4.69, 9.17) is 0 Å². The van der Waals surface area contributed by atoms with E-state index in [1.165, 1.54) is 0 Å². The molecule has 0 atom stereocenters. The molecule has 4 nitrogen and oxygen atoms in total. The number of thiazole rings is 1. The molecule has 3 aromatic rings. The van der Waals surface area contributed by atoms with Crippen molar-refractivity contribution in [2.24, 2.45) is 0 Å². The molecule has 0 radical (unpaired) electrons. The molecule has 1 N–H and O–H groups in total. The van der Waals surface area contributed by atoms with Gasteiger partial charge in [-0.3, -0.25) is 9.78 Å². The predicted octanol–water partition coefficient (Wildman–Crippen LogP) is 3.67. The van der Waals surface area contributed by atoms with Crippen molar-refractivity contribution in [3.05, 3.63) is 48.3 Å². The fourth-order valence-electron chi connectivity index (χ4n) is 1.78. The van der Waals surface area contributed by atoms with Crippen molar-refractivity contribution in [2.45, 2.75) is 4.34 Å². The Hall–Kier alpha value is -1.92. The third-order valence-corrected chi connectivity index (χ3v) is 4.75. The van der Waals surface area contributed by atoms with E-state index in [1.807, 2.05) is 24.5 Å². The number of nitrogens with zero attached hydrogens (tertiary/aromatic N) is 2. The zero-order valence-electron chi connectivity index (χ0n) is 10.7. The van der Waals surface area contributed by atoms with Gasteiger partial charge in [0, 0.05) is 23.6 Å². The van der Waals surface area contributed by atoms with Crippen LogP contribution in [0.15, 0.2) is 47.1 Å². The van der Waals surface area contributed by atoms with Gasteiger partial charge < -0.3 is 5.32 Å². The molecule has 6 heteroatoms. The van der Waals surface area contributed by atoms with E-state index in [0.29, 0.717) is 5.56 Å². The number of anilines is 1. The second-order valence-electron chi connectivity index (χ2n) is 4.06. The number of rotatable bonds is 3. The first kappa shape index (κ1) is 13.1. The van der Waals surface area contributed by atoms with Crippen LogP contribution in [0.3, 0.4) is 0 Å². The van der Waals surface area contributed by atoms with Crippen molar-refractivity contribution in [3.63, 3.8) is 0 Å². The predicted molar refractivity (Wildman–Crippen MR) is 83.6 cm³/mol. The molecule has 2 aromatic heterocycles. The van der Waals surface area contributed by atoms with Crippen LogP contribution in [0.1, 0.15) is 10.4 Å². The van der Waals surface area contributed by atoms with Crippen LogP contribution in [-0.2, 0) is 0 Å². The Morgan fingerprint density at radius 1 is 1.25 bits per heavy atom. The smallest absolute Gasteiger partial charge is 0.255 e. The average Bonchev–Trinajstić information content (AvgIpc) is 2.90. The van der Waals surface area contributed by atoms with Crippen molar-refractivity contribution in [2.75, 3.05) is 11.6 Å². The van der Waals surface area contributed by atoms with E-state index < -0.39 is 0 Å². The maximum Gasteiger partial charge on any atom is 0.255 e. The first-order chi connectivity index (χ1) is 9.76. The lowest BCUT2D eigenvalue weighted by atomic mass is 10.2. The van der Waals surface area contributed by atoms with Crippen molar-refractivity contribution in [3.8, 4) is 0 Å². The summed E-state index contributed by atoms with van der Waals surface area (Å²) in [4.78, 5) is 20.4. The molecule has 0 spiro atoms. The summed E-state index contributed by atoms with van der Waals surface area (Å²) in [7, 11) is 0. The maximum atomic E-state index is 12.1. The van der Waals surface area contributed by atoms with Gasteiger partial charge in [0.25, 0.3) is 5.91 Å². The number of hydrogen-bond acceptors (Lipinski definition) is 5. The zero-order chi connectivity index (χ0) is 13.9. The van der Waals surface area contributed by atoms with E-state index in [0.717, 1.165) is 20.2 Å². The fourth-order valence-corrected chi connectivity index (χ4v) is 3.30. The molecule has 0 fully saturated rings. The van der Waals surface area contributed by atoms with E-state index in [1.54, 1.807) is 47.6 Å². The van der Waals surface area contributed by atoms with Crippen LogP contribution in [0.25, 0.3) is 10.2 Å². The highest BCUT2D eigenvalue weighted by Crippen LogP contribution is 2.30. The topological polar surface area (TPSA) is 54.9 Å². The second-order valence-corrected chi connectivity index (χ2v) is 6.14. The second kappa shape index (κ2) is 5.60. The number of pyridine rings is 1. The Morgan fingerprint density at radius 3 is 2.80 bits per heavy atom. The van der Waals surface area contributed by atoms with Gasteiger partial charge in [0.05, 0.1) is 10.2 Å². The minimum absolute atomic E-state index is 0.138. The van der Waals surface area contributed by atoms with Gasteiger partial charge in [0.2, 0.25) is 0 Å². The van der Waals surface area contributed by atoms with Gasteiger partial charge in [-0.05, 0) is 36.6 Å². The third-order valence-electron chi connectivity index (χ3n) is 2.74. The molecule has 0 aliphatic heterocycles. The van der Waals surface area contributed by atoms with E-state index in [-0.39, 0.29) is 5.91 Å². The maximum absolute atomic E-state index is 12.1. The van der Waals surface area contributed by atoms with Gasteiger partial charge in [-0.25, -0.2) is 4.98 Å². The van der Waals surface area contributed by atoms with E-state index >= 15 is 0 Å². The van der Waals surface area contributed by atoms with Crippen LogP contribution < -0.4 is 5.32 Å². The Bertz CT molecular complexity index is 755. The van der Waals surface area contributed by atoms with Crippen LogP contribution >= 0.6 is 23.1 Å². The summed E-state index contributed by atoms with van der Waals surface area (Å²) in [6, 6.07) is 9.11. The quantitative estimate of drug-likeness (QED) is 0.750. The van der Waals surface area contributed by atoms with Gasteiger partial charge in [-0.15, -0.1) is 11.3 Å². The Balaban J connectivity index is 1.85. The van der Waals surface area contributed by atoms with Gasteiger partial charge in [-0.2, -0.15) is 0 Å². The SMILES string of the molecule is CSc1nc2ccc(NC(=O)c3ccncc3)cc2s1. The summed E-state index contributed by atoms with van der Waals surface area (Å²) >= 11 is 3.25. The first-order valence-electron chi connectivity index (χ1n) is 5.92. The molecule has 3 rings (SSSR count). The van der Waals surface area contributed by atoms with Gasteiger partial charge in [-0.1, -0.05) is 11.8 Å². The van der Waals surface area contributed by atoms with Gasteiger partial charge >= 0.3 is 0 Å². The number of benzene rings is 1. The molecule has 0 saturated carbocycles. The van der Waals surface area contributed by atoms with Crippen molar-refractivity contribution >= 4 is 44.9 Å². The summed E-state index contributed by atoms with van der Waals surface area (Å²) < 4.78 is 2.10. The largest absolute Gasteiger partial charge is 0.322 e. The lowest BCUT2D eigenvalue weighted by Gasteiger charge is -2.04. The molecule has 1 aromatic carbocycles. The molecule has 0 saturated heterocycles. The molecule has 0 bridgehead atoms. The van der Waals surface area contributed by atoms with Crippen LogP contribution in [-0.4, -0.2) is 22.1 Å². The minimum Gasteiger partial charge on any atom is -0.322 e. The van der Waals surface area contributed by atoms with Gasteiger partial charge in [0.1, 0.15) is 0 Å². The normalized spacial score (nSPS) is 10.7. The highest BCUT2D eigenvalue weighted by molar-refractivity contribution is 8.00. The highest BCUT2D eigenvalue weighted by Gasteiger charge is 2.08. The van der Waals surface area contributed by atoms with Crippen molar-refractivity contribution < 1.29 is 4.79 Å². The minimum atomic E-state index is -0.138. The van der Waals surface area contributed by atoms with Crippen LogP contribution in [0.5, 0.6) is 0 Å². The van der Waals surface area contributed by atoms with Gasteiger partial charge in [0.15, 0.2) is 4.34 Å². The Kier molecular flexibility index (Phi) is 3.66. The number of carbonyl (C=O) groups excluding carboxylic acids is 1. The summed E-state index contributed by atoms with van der Waals surface area (Å²) in [5.74, 6) is -0.138. The molecule has 100 valence electrons. The number of nitrogens with one attached hydrogen (secondary N) is 1. The molecule has 1 amide bonds. The molecular weight excluding hydrogens is 290 g/mol. The monoisotopic (exact) mass is 301 g/mol. The Labute approximate surface area is 124 Å².